The van der Waals surface area contributed by atoms with E-state index >= 15 is 0 Å². The molecule has 0 radical (unpaired) electrons. The Labute approximate surface area is 167 Å². The Kier molecular flexibility index (Phi) is 4.44. The van der Waals surface area contributed by atoms with E-state index in [1.165, 1.54) is 23.6 Å². The summed E-state index contributed by atoms with van der Waals surface area (Å²) in [6, 6.07) is 5.72. The van der Waals surface area contributed by atoms with Crippen molar-refractivity contribution in [3.05, 3.63) is 35.4 Å². The quantitative estimate of drug-likeness (QED) is 0.771. The number of ether oxygens (including phenoxy) is 1. The van der Waals surface area contributed by atoms with Crippen molar-refractivity contribution < 1.29 is 19.4 Å². The zero-order valence-electron chi connectivity index (χ0n) is 17.2. The molecule has 0 spiro atoms. The first-order valence-electron chi connectivity index (χ1n) is 10.4. The van der Waals surface area contributed by atoms with E-state index in [9.17, 15) is 14.7 Å². The first-order chi connectivity index (χ1) is 13.2. The minimum absolute atomic E-state index is 0.0608. The number of phenolic OH excluding ortho intramolecular Hbond substituents is 1. The Morgan fingerprint density at radius 3 is 2.71 bits per heavy atom. The molecule has 1 fully saturated rings. The second-order valence-electron chi connectivity index (χ2n) is 9.36. The Hall–Kier alpha value is -2.10. The average Bonchev–Trinajstić information content (AvgIpc) is 2.92. The minimum Gasteiger partial charge on any atom is -0.508 e. The summed E-state index contributed by atoms with van der Waals surface area (Å²) in [5.74, 6) is 0.895. The Balaban J connectivity index is 1.69. The summed E-state index contributed by atoms with van der Waals surface area (Å²) in [6.07, 6.45) is 6.40. The molecule has 1 saturated carbocycles. The number of esters is 1. The van der Waals surface area contributed by atoms with E-state index in [1.54, 1.807) is 13.0 Å². The van der Waals surface area contributed by atoms with Gasteiger partial charge >= 0.3 is 5.97 Å². The first kappa shape index (κ1) is 19.2. The van der Waals surface area contributed by atoms with Crippen molar-refractivity contribution in [2.75, 3.05) is 0 Å². The lowest BCUT2D eigenvalue weighted by Crippen LogP contribution is -2.49. The molecule has 28 heavy (non-hydrogen) atoms. The van der Waals surface area contributed by atoms with Gasteiger partial charge in [0, 0.05) is 12.3 Å². The van der Waals surface area contributed by atoms with Crippen LogP contribution in [0.3, 0.4) is 0 Å². The van der Waals surface area contributed by atoms with Crippen LogP contribution in [-0.4, -0.2) is 23.0 Å². The Morgan fingerprint density at radius 1 is 1.25 bits per heavy atom. The molecule has 0 aliphatic heterocycles. The summed E-state index contributed by atoms with van der Waals surface area (Å²) in [5, 5.41) is 9.83. The SMILES string of the molecule is CC(=O)O[C@@H](C)C(=O)[C@@]1(C)CC[C@H]2[C@@H]3CCc4cc(O)ccc4C3=CC[C@@]21C. The van der Waals surface area contributed by atoms with Crippen LogP contribution in [0.4, 0.5) is 0 Å². The second-order valence-corrected chi connectivity index (χ2v) is 9.36. The smallest absolute Gasteiger partial charge is 0.303 e. The van der Waals surface area contributed by atoms with Crippen LogP contribution in [0.5, 0.6) is 5.75 Å². The van der Waals surface area contributed by atoms with Gasteiger partial charge in [-0.2, -0.15) is 0 Å². The van der Waals surface area contributed by atoms with Gasteiger partial charge in [-0.3, -0.25) is 9.59 Å². The summed E-state index contributed by atoms with van der Waals surface area (Å²) in [6.45, 7) is 7.42. The van der Waals surface area contributed by atoms with Gasteiger partial charge in [-0.25, -0.2) is 0 Å². The van der Waals surface area contributed by atoms with E-state index in [0.717, 1.165) is 32.1 Å². The van der Waals surface area contributed by atoms with Gasteiger partial charge in [-0.05, 0) is 85.1 Å². The van der Waals surface area contributed by atoms with Crippen LogP contribution in [0.25, 0.3) is 5.57 Å². The van der Waals surface area contributed by atoms with Crippen LogP contribution in [0.2, 0.25) is 0 Å². The number of aryl methyl sites for hydroxylation is 1. The average molecular weight is 383 g/mol. The predicted molar refractivity (Wildman–Crippen MR) is 108 cm³/mol. The number of carbonyl (C=O) groups is 2. The number of allylic oxidation sites excluding steroid dienone is 2. The number of Topliss-reactive ketones (excluding diaryl/α,β-unsaturated/α-hetero) is 1. The van der Waals surface area contributed by atoms with Crippen molar-refractivity contribution in [1.29, 1.82) is 0 Å². The van der Waals surface area contributed by atoms with Crippen molar-refractivity contribution in [3.8, 4) is 5.75 Å². The monoisotopic (exact) mass is 382 g/mol. The summed E-state index contributed by atoms with van der Waals surface area (Å²) in [4.78, 5) is 24.7. The molecule has 3 aliphatic carbocycles. The van der Waals surface area contributed by atoms with Crippen molar-refractivity contribution in [3.63, 3.8) is 0 Å². The first-order valence-corrected chi connectivity index (χ1v) is 10.4. The van der Waals surface area contributed by atoms with Gasteiger partial charge < -0.3 is 9.84 Å². The molecule has 4 heteroatoms. The van der Waals surface area contributed by atoms with Crippen molar-refractivity contribution in [2.24, 2.45) is 22.7 Å². The molecular weight excluding hydrogens is 352 g/mol. The normalized spacial score (nSPS) is 34.5. The lowest BCUT2D eigenvalue weighted by molar-refractivity contribution is -0.159. The number of ketones is 1. The molecule has 150 valence electrons. The molecule has 1 aromatic carbocycles. The lowest BCUT2D eigenvalue weighted by atomic mass is 9.53. The minimum atomic E-state index is -0.696. The summed E-state index contributed by atoms with van der Waals surface area (Å²) >= 11 is 0. The number of hydrogen-bond donors (Lipinski definition) is 1. The molecule has 0 amide bonds. The molecule has 4 nitrogen and oxygen atoms in total. The van der Waals surface area contributed by atoms with Gasteiger partial charge in [0.2, 0.25) is 0 Å². The van der Waals surface area contributed by atoms with Gasteiger partial charge in [0.25, 0.3) is 0 Å². The van der Waals surface area contributed by atoms with Crippen LogP contribution in [0.15, 0.2) is 24.3 Å². The van der Waals surface area contributed by atoms with E-state index in [-0.39, 0.29) is 11.2 Å². The molecule has 5 atom stereocenters. The number of phenols is 1. The zero-order valence-corrected chi connectivity index (χ0v) is 17.2. The topological polar surface area (TPSA) is 63.6 Å². The highest BCUT2D eigenvalue weighted by molar-refractivity contribution is 5.91. The fourth-order valence-electron chi connectivity index (χ4n) is 6.37. The molecule has 1 N–H and O–H groups in total. The van der Waals surface area contributed by atoms with Crippen LogP contribution in [0, 0.1) is 22.7 Å². The van der Waals surface area contributed by atoms with Crippen LogP contribution >= 0.6 is 0 Å². The van der Waals surface area contributed by atoms with Gasteiger partial charge in [-0.1, -0.05) is 26.0 Å². The third-order valence-electron chi connectivity index (χ3n) is 8.05. The van der Waals surface area contributed by atoms with E-state index in [1.807, 2.05) is 12.1 Å². The molecule has 0 heterocycles. The predicted octanol–water partition coefficient (Wildman–Crippen LogP) is 4.69. The number of fused-ring (bicyclic) bond motifs is 5. The highest BCUT2D eigenvalue weighted by Gasteiger charge is 2.61. The van der Waals surface area contributed by atoms with E-state index < -0.39 is 17.5 Å². The maximum atomic E-state index is 13.3. The molecule has 4 rings (SSSR count). The number of aromatic hydroxyl groups is 1. The van der Waals surface area contributed by atoms with Gasteiger partial charge in [0.15, 0.2) is 11.9 Å². The summed E-state index contributed by atoms with van der Waals surface area (Å²) in [5.41, 5.74) is 3.29. The Morgan fingerprint density at radius 2 is 2.00 bits per heavy atom. The lowest BCUT2D eigenvalue weighted by Gasteiger charge is -2.50. The maximum Gasteiger partial charge on any atom is 0.303 e. The molecule has 3 aliphatic rings. The molecule has 0 saturated heterocycles. The van der Waals surface area contributed by atoms with Gasteiger partial charge in [-0.15, -0.1) is 0 Å². The second kappa shape index (κ2) is 6.47. The van der Waals surface area contributed by atoms with E-state index in [0.29, 0.717) is 17.6 Å². The standard InChI is InChI=1S/C24H30O4/c1-14(28-15(2)25)22(27)24(4)12-10-21-20-7-5-16-13-17(26)6-8-18(16)19(20)9-11-23(21,24)3/h6,8-9,13-14,20-21,26H,5,7,10-12H2,1-4H3/t14-,20+,21-,23-,24+/m0/s1. The summed E-state index contributed by atoms with van der Waals surface area (Å²) in [7, 11) is 0. The Bertz CT molecular complexity index is 869. The fraction of sp³-hybridized carbons (Fsp3) is 0.583. The number of benzene rings is 1. The maximum absolute atomic E-state index is 13.3. The van der Waals surface area contributed by atoms with Crippen LogP contribution < -0.4 is 0 Å². The molecular formula is C24H30O4. The van der Waals surface area contributed by atoms with Crippen LogP contribution in [-0.2, 0) is 20.7 Å². The van der Waals surface area contributed by atoms with Crippen LogP contribution in [0.1, 0.15) is 64.5 Å². The molecule has 0 bridgehead atoms. The highest BCUT2D eigenvalue weighted by atomic mass is 16.5. The van der Waals surface area contributed by atoms with Gasteiger partial charge in [0.1, 0.15) is 5.75 Å². The fourth-order valence-corrected chi connectivity index (χ4v) is 6.37. The number of hydrogen-bond acceptors (Lipinski definition) is 4. The third-order valence-corrected chi connectivity index (χ3v) is 8.05. The molecule has 1 aromatic rings. The number of carbonyl (C=O) groups excluding carboxylic acids is 2. The largest absolute Gasteiger partial charge is 0.508 e. The summed E-state index contributed by atoms with van der Waals surface area (Å²) < 4.78 is 5.25. The zero-order chi connectivity index (χ0) is 20.3. The number of rotatable bonds is 3. The third kappa shape index (κ3) is 2.64. The van der Waals surface area contributed by atoms with E-state index in [2.05, 4.69) is 19.9 Å². The van der Waals surface area contributed by atoms with Crippen molar-refractivity contribution in [1.82, 2.24) is 0 Å². The van der Waals surface area contributed by atoms with Crippen molar-refractivity contribution >= 4 is 17.3 Å². The molecule has 0 aromatic heterocycles. The highest BCUT2D eigenvalue weighted by Crippen LogP contribution is 2.66. The van der Waals surface area contributed by atoms with Crippen molar-refractivity contribution in [2.45, 2.75) is 65.9 Å². The van der Waals surface area contributed by atoms with Gasteiger partial charge in [0.05, 0.1) is 0 Å². The molecule has 0 unspecified atom stereocenters. The van der Waals surface area contributed by atoms with E-state index in [4.69, 9.17) is 4.74 Å².